The first-order valence-corrected chi connectivity index (χ1v) is 7.96. The van der Waals surface area contributed by atoms with Crippen molar-refractivity contribution in [1.82, 2.24) is 10.0 Å². The fraction of sp³-hybridized carbons (Fsp3) is 0.538. The van der Waals surface area contributed by atoms with Gasteiger partial charge in [-0.2, -0.15) is 0 Å². The average Bonchev–Trinajstić information content (AvgIpc) is 2.44. The van der Waals surface area contributed by atoms with Crippen LogP contribution in [0.25, 0.3) is 0 Å². The van der Waals surface area contributed by atoms with Gasteiger partial charge in [0.05, 0.1) is 4.90 Å². The zero-order valence-corrected chi connectivity index (χ0v) is 11.8. The van der Waals surface area contributed by atoms with Crippen molar-refractivity contribution in [3.05, 3.63) is 29.3 Å². The quantitative estimate of drug-likeness (QED) is 0.859. The fourth-order valence-corrected chi connectivity index (χ4v) is 3.34. The number of sulfonamides is 1. The van der Waals surface area contributed by atoms with Crippen molar-refractivity contribution in [2.45, 2.75) is 37.2 Å². The largest absolute Gasteiger partial charge is 0.307 e. The second-order valence-corrected chi connectivity index (χ2v) is 6.53. The van der Waals surface area contributed by atoms with E-state index in [9.17, 15) is 12.8 Å². The highest BCUT2D eigenvalue weighted by Crippen LogP contribution is 2.21. The molecule has 0 spiro atoms. The Morgan fingerprint density at radius 3 is 2.89 bits per heavy atom. The van der Waals surface area contributed by atoms with Crippen LogP contribution in [-0.2, 0) is 23.0 Å². The molecular formula is C13H19FN2O2S. The molecule has 0 unspecified atom stereocenters. The minimum absolute atomic E-state index is 0.159. The lowest BCUT2D eigenvalue weighted by molar-refractivity contribution is 0.358. The van der Waals surface area contributed by atoms with Crippen molar-refractivity contribution >= 4 is 10.0 Å². The first kappa shape index (κ1) is 14.4. The van der Waals surface area contributed by atoms with Gasteiger partial charge in [0.15, 0.2) is 0 Å². The lowest BCUT2D eigenvalue weighted by Crippen LogP contribution is -2.37. The van der Waals surface area contributed by atoms with E-state index in [2.05, 4.69) is 10.0 Å². The third-order valence-corrected chi connectivity index (χ3v) is 4.72. The van der Waals surface area contributed by atoms with E-state index in [-0.39, 0.29) is 10.9 Å². The number of nitrogens with one attached hydrogen (secondary N) is 2. The van der Waals surface area contributed by atoms with Gasteiger partial charge in [0, 0.05) is 19.1 Å². The average molecular weight is 286 g/mol. The summed E-state index contributed by atoms with van der Waals surface area (Å²) in [7, 11) is -3.43. The number of alkyl halides is 1. The Hall–Kier alpha value is -0.980. The van der Waals surface area contributed by atoms with Crippen molar-refractivity contribution in [3.8, 4) is 0 Å². The van der Waals surface area contributed by atoms with Crippen LogP contribution in [0.2, 0.25) is 0 Å². The van der Waals surface area contributed by atoms with E-state index in [1.165, 1.54) is 0 Å². The second-order valence-electron chi connectivity index (χ2n) is 4.76. The van der Waals surface area contributed by atoms with Gasteiger partial charge in [-0.05, 0) is 36.1 Å². The van der Waals surface area contributed by atoms with Gasteiger partial charge in [0.1, 0.15) is 6.67 Å². The minimum atomic E-state index is -3.43. The van der Waals surface area contributed by atoms with Gasteiger partial charge in [-0.25, -0.2) is 17.5 Å². The molecule has 19 heavy (non-hydrogen) atoms. The molecule has 106 valence electrons. The van der Waals surface area contributed by atoms with Crippen molar-refractivity contribution in [1.29, 1.82) is 0 Å². The summed E-state index contributed by atoms with van der Waals surface area (Å²) in [5, 5.41) is 3.06. The highest BCUT2D eigenvalue weighted by atomic mass is 32.2. The molecule has 0 radical (unpaired) electrons. The van der Waals surface area contributed by atoms with Crippen LogP contribution in [0, 0.1) is 0 Å². The van der Waals surface area contributed by atoms with Crippen LogP contribution in [0.5, 0.6) is 0 Å². The van der Waals surface area contributed by atoms with Crippen LogP contribution in [0.4, 0.5) is 4.39 Å². The van der Waals surface area contributed by atoms with Crippen LogP contribution in [0.15, 0.2) is 23.1 Å². The predicted molar refractivity (Wildman–Crippen MR) is 72.2 cm³/mol. The number of fused-ring (bicyclic) bond motifs is 1. The van der Waals surface area contributed by atoms with Crippen LogP contribution in [0.3, 0.4) is 0 Å². The predicted octanol–water partition coefficient (Wildman–Crippen LogP) is 1.36. The van der Waals surface area contributed by atoms with Gasteiger partial charge < -0.3 is 5.32 Å². The Balaban J connectivity index is 2.22. The SMILES string of the molecule is CCCNS(=O)(=O)c1ccc2c(c1)CN[C@@H](CF)C2. The van der Waals surface area contributed by atoms with E-state index in [4.69, 9.17) is 0 Å². The normalized spacial score (nSPS) is 19.2. The molecule has 2 N–H and O–H groups in total. The third-order valence-electron chi connectivity index (χ3n) is 3.26. The van der Waals surface area contributed by atoms with Gasteiger partial charge in [-0.15, -0.1) is 0 Å². The van der Waals surface area contributed by atoms with E-state index in [1.807, 2.05) is 6.92 Å². The van der Waals surface area contributed by atoms with Gasteiger partial charge >= 0.3 is 0 Å². The van der Waals surface area contributed by atoms with Gasteiger partial charge in [0.25, 0.3) is 0 Å². The molecule has 4 nitrogen and oxygen atoms in total. The molecular weight excluding hydrogens is 267 g/mol. The monoisotopic (exact) mass is 286 g/mol. The Bertz CT molecular complexity index is 546. The van der Waals surface area contributed by atoms with E-state index in [0.29, 0.717) is 19.5 Å². The summed E-state index contributed by atoms with van der Waals surface area (Å²) in [6.45, 7) is 2.45. The van der Waals surface area contributed by atoms with Gasteiger partial charge in [-0.1, -0.05) is 13.0 Å². The summed E-state index contributed by atoms with van der Waals surface area (Å²) in [6, 6.07) is 4.90. The topological polar surface area (TPSA) is 58.2 Å². The van der Waals surface area contributed by atoms with Gasteiger partial charge in [-0.3, -0.25) is 0 Å². The van der Waals surface area contributed by atoms with Crippen molar-refractivity contribution in [2.24, 2.45) is 0 Å². The zero-order valence-electron chi connectivity index (χ0n) is 10.9. The lowest BCUT2D eigenvalue weighted by Gasteiger charge is -2.24. The van der Waals surface area contributed by atoms with E-state index in [1.54, 1.807) is 18.2 Å². The molecule has 6 heteroatoms. The highest BCUT2D eigenvalue weighted by Gasteiger charge is 2.20. The Morgan fingerprint density at radius 1 is 1.42 bits per heavy atom. The zero-order chi connectivity index (χ0) is 13.9. The number of halogens is 1. The standard InChI is InChI=1S/C13H19FN2O2S/c1-2-5-16-19(17,18)13-4-3-10-6-12(8-14)15-9-11(10)7-13/h3-4,7,12,15-16H,2,5-6,8-9H2,1H3/t12-/m1/s1. The summed E-state index contributed by atoms with van der Waals surface area (Å²) < 4.78 is 39.2. The summed E-state index contributed by atoms with van der Waals surface area (Å²) >= 11 is 0. The maximum atomic E-state index is 12.6. The highest BCUT2D eigenvalue weighted by molar-refractivity contribution is 7.89. The Kier molecular flexibility index (Phi) is 4.54. The first-order chi connectivity index (χ1) is 9.06. The molecule has 0 aromatic heterocycles. The molecule has 0 saturated heterocycles. The maximum Gasteiger partial charge on any atom is 0.240 e. The number of hydrogen-bond acceptors (Lipinski definition) is 3. The minimum Gasteiger partial charge on any atom is -0.307 e. The fourth-order valence-electron chi connectivity index (χ4n) is 2.15. The Morgan fingerprint density at radius 2 is 2.21 bits per heavy atom. The van der Waals surface area contributed by atoms with Crippen molar-refractivity contribution in [3.63, 3.8) is 0 Å². The van der Waals surface area contributed by atoms with Gasteiger partial charge in [0.2, 0.25) is 10.0 Å². The molecule has 2 rings (SSSR count). The van der Waals surface area contributed by atoms with Crippen LogP contribution in [-0.4, -0.2) is 27.7 Å². The summed E-state index contributed by atoms with van der Waals surface area (Å²) in [4.78, 5) is 0.278. The van der Waals surface area contributed by atoms with E-state index >= 15 is 0 Å². The molecule has 1 aliphatic rings. The molecule has 1 heterocycles. The van der Waals surface area contributed by atoms with Crippen molar-refractivity contribution < 1.29 is 12.8 Å². The molecule has 1 atom stereocenters. The Labute approximate surface area is 113 Å². The van der Waals surface area contributed by atoms with E-state index < -0.39 is 16.7 Å². The number of rotatable bonds is 5. The first-order valence-electron chi connectivity index (χ1n) is 6.47. The summed E-state index contributed by atoms with van der Waals surface area (Å²) in [6.07, 6.45) is 1.36. The number of benzene rings is 1. The third kappa shape index (κ3) is 3.32. The molecule has 0 aliphatic carbocycles. The van der Waals surface area contributed by atoms with E-state index in [0.717, 1.165) is 17.5 Å². The van der Waals surface area contributed by atoms with Crippen LogP contribution >= 0.6 is 0 Å². The molecule has 0 bridgehead atoms. The molecule has 0 fully saturated rings. The van der Waals surface area contributed by atoms with Crippen LogP contribution in [0.1, 0.15) is 24.5 Å². The molecule has 0 saturated carbocycles. The summed E-state index contributed by atoms with van der Waals surface area (Å²) in [5.41, 5.74) is 1.96. The molecule has 1 aliphatic heterocycles. The van der Waals surface area contributed by atoms with Crippen LogP contribution < -0.4 is 10.0 Å². The molecule has 1 aromatic rings. The van der Waals surface area contributed by atoms with Crippen molar-refractivity contribution in [2.75, 3.05) is 13.2 Å². The number of hydrogen-bond donors (Lipinski definition) is 2. The smallest absolute Gasteiger partial charge is 0.240 e. The maximum absolute atomic E-state index is 12.6. The lowest BCUT2D eigenvalue weighted by atomic mass is 9.96. The second kappa shape index (κ2) is 5.98. The molecule has 1 aromatic carbocycles. The molecule has 0 amide bonds. The summed E-state index contributed by atoms with van der Waals surface area (Å²) in [5.74, 6) is 0.